The van der Waals surface area contributed by atoms with Crippen molar-refractivity contribution in [2.24, 2.45) is 0 Å². The number of benzene rings is 2. The van der Waals surface area contributed by atoms with Gasteiger partial charge in [-0.05, 0) is 38.1 Å². The fourth-order valence-electron chi connectivity index (χ4n) is 2.62. The Bertz CT molecular complexity index is 965. The monoisotopic (exact) mass is 335 g/mol. The fraction of sp³-hybridized carbons (Fsp3) is 0.200. The van der Waals surface area contributed by atoms with E-state index < -0.39 is 5.97 Å². The Morgan fingerprint density at radius 1 is 1.24 bits per heavy atom. The van der Waals surface area contributed by atoms with Gasteiger partial charge in [0.1, 0.15) is 17.9 Å². The van der Waals surface area contributed by atoms with Crippen LogP contribution < -0.4 is 4.74 Å². The highest BCUT2D eigenvalue weighted by Gasteiger charge is 2.20. The fourth-order valence-corrected chi connectivity index (χ4v) is 2.62. The molecule has 1 aromatic heterocycles. The molecule has 0 spiro atoms. The number of carbonyl (C=O) groups is 1. The summed E-state index contributed by atoms with van der Waals surface area (Å²) in [4.78, 5) is 12.4. The highest BCUT2D eigenvalue weighted by atomic mass is 16.5. The highest BCUT2D eigenvalue weighted by molar-refractivity contribution is 5.96. The molecule has 3 rings (SSSR count). The van der Waals surface area contributed by atoms with Crippen molar-refractivity contribution >= 4 is 16.9 Å². The second-order valence-corrected chi connectivity index (χ2v) is 5.49. The molecule has 0 atom stereocenters. The molecule has 0 bridgehead atoms. The molecule has 2 aromatic carbocycles. The Kier molecular flexibility index (Phi) is 4.71. The first kappa shape index (κ1) is 16.6. The third kappa shape index (κ3) is 3.33. The van der Waals surface area contributed by atoms with Gasteiger partial charge in [0.15, 0.2) is 0 Å². The number of esters is 1. The van der Waals surface area contributed by atoms with Crippen LogP contribution in [0.15, 0.2) is 46.9 Å². The zero-order valence-corrected chi connectivity index (χ0v) is 14.0. The molecule has 0 saturated carbocycles. The number of carbonyl (C=O) groups excluding carboxylic acids is 1. The van der Waals surface area contributed by atoms with Crippen molar-refractivity contribution in [1.29, 1.82) is 5.26 Å². The van der Waals surface area contributed by atoms with E-state index in [1.807, 2.05) is 13.0 Å². The number of fused-ring (bicyclic) bond motifs is 1. The van der Waals surface area contributed by atoms with Gasteiger partial charge in [-0.15, -0.1) is 0 Å². The zero-order valence-electron chi connectivity index (χ0n) is 14.0. The van der Waals surface area contributed by atoms with Crippen LogP contribution in [0.2, 0.25) is 0 Å². The van der Waals surface area contributed by atoms with E-state index in [0.29, 0.717) is 28.9 Å². The van der Waals surface area contributed by atoms with Crippen molar-refractivity contribution in [3.05, 3.63) is 64.9 Å². The van der Waals surface area contributed by atoms with Gasteiger partial charge in [0.05, 0.1) is 18.2 Å². The summed E-state index contributed by atoms with van der Waals surface area (Å²) in [5.41, 5.74) is 2.45. The minimum Gasteiger partial charge on any atom is -0.494 e. The molecule has 25 heavy (non-hydrogen) atoms. The lowest BCUT2D eigenvalue weighted by molar-refractivity contribution is 0.0437. The van der Waals surface area contributed by atoms with Gasteiger partial charge in [0.2, 0.25) is 5.76 Å². The second-order valence-electron chi connectivity index (χ2n) is 5.49. The molecule has 0 radical (unpaired) electrons. The molecule has 0 fully saturated rings. The van der Waals surface area contributed by atoms with E-state index >= 15 is 0 Å². The lowest BCUT2D eigenvalue weighted by Crippen LogP contribution is -2.06. The number of aryl methyl sites for hydroxylation is 1. The van der Waals surface area contributed by atoms with Crippen LogP contribution >= 0.6 is 0 Å². The van der Waals surface area contributed by atoms with Crippen LogP contribution in [0.25, 0.3) is 11.0 Å². The van der Waals surface area contributed by atoms with Gasteiger partial charge in [-0.25, -0.2) is 4.79 Å². The van der Waals surface area contributed by atoms with Gasteiger partial charge in [0, 0.05) is 16.5 Å². The van der Waals surface area contributed by atoms with Gasteiger partial charge < -0.3 is 13.9 Å². The molecule has 0 saturated heterocycles. The van der Waals surface area contributed by atoms with Crippen molar-refractivity contribution in [3.63, 3.8) is 0 Å². The summed E-state index contributed by atoms with van der Waals surface area (Å²) in [6.45, 7) is 4.30. The second kappa shape index (κ2) is 7.10. The zero-order chi connectivity index (χ0) is 17.8. The van der Waals surface area contributed by atoms with Crippen molar-refractivity contribution in [2.75, 3.05) is 6.61 Å². The van der Waals surface area contributed by atoms with E-state index in [2.05, 4.69) is 6.07 Å². The molecule has 126 valence electrons. The lowest BCUT2D eigenvalue weighted by Gasteiger charge is -2.05. The summed E-state index contributed by atoms with van der Waals surface area (Å²) < 4.78 is 16.5. The molecule has 0 unspecified atom stereocenters. The SMILES string of the molecule is CCOc1ccc2oc(C(=O)OCc3ccccc3C#N)c(C)c2c1. The number of nitrogens with zero attached hydrogens (tertiary/aromatic N) is 1. The maximum absolute atomic E-state index is 12.4. The van der Waals surface area contributed by atoms with Crippen LogP contribution in [0.4, 0.5) is 0 Å². The predicted octanol–water partition coefficient (Wildman–Crippen LogP) is 4.37. The first-order chi connectivity index (χ1) is 12.1. The molecule has 3 aromatic rings. The Morgan fingerprint density at radius 2 is 2.04 bits per heavy atom. The normalized spacial score (nSPS) is 10.4. The number of ether oxygens (including phenoxy) is 2. The molecule has 0 aliphatic carbocycles. The molecule has 0 amide bonds. The molecular weight excluding hydrogens is 318 g/mol. The van der Waals surface area contributed by atoms with Crippen LogP contribution in [0, 0.1) is 18.3 Å². The number of nitriles is 1. The largest absolute Gasteiger partial charge is 0.494 e. The molecule has 1 heterocycles. The summed E-state index contributed by atoms with van der Waals surface area (Å²) >= 11 is 0. The van der Waals surface area contributed by atoms with Crippen molar-refractivity contribution in [2.45, 2.75) is 20.5 Å². The van der Waals surface area contributed by atoms with E-state index in [1.54, 1.807) is 43.3 Å². The Morgan fingerprint density at radius 3 is 2.80 bits per heavy atom. The smallest absolute Gasteiger partial charge is 0.374 e. The lowest BCUT2D eigenvalue weighted by atomic mass is 10.1. The molecule has 5 heteroatoms. The molecule has 0 aliphatic heterocycles. The highest BCUT2D eigenvalue weighted by Crippen LogP contribution is 2.29. The number of hydrogen-bond acceptors (Lipinski definition) is 5. The van der Waals surface area contributed by atoms with Crippen LogP contribution in [0.3, 0.4) is 0 Å². The summed E-state index contributed by atoms with van der Waals surface area (Å²) in [5, 5.41) is 9.90. The Labute approximate surface area is 145 Å². The topological polar surface area (TPSA) is 72.5 Å². The minimum atomic E-state index is -0.556. The third-order valence-electron chi connectivity index (χ3n) is 3.90. The van der Waals surface area contributed by atoms with E-state index in [-0.39, 0.29) is 12.4 Å². The maximum atomic E-state index is 12.4. The van der Waals surface area contributed by atoms with Crippen molar-refractivity contribution in [1.82, 2.24) is 0 Å². The summed E-state index contributed by atoms with van der Waals surface area (Å²) in [6.07, 6.45) is 0. The van der Waals surface area contributed by atoms with Gasteiger partial charge >= 0.3 is 5.97 Å². The first-order valence-corrected chi connectivity index (χ1v) is 7.95. The average Bonchev–Trinajstić information content (AvgIpc) is 2.97. The molecule has 0 N–H and O–H groups in total. The van der Waals surface area contributed by atoms with Gasteiger partial charge in [0.25, 0.3) is 0 Å². The van der Waals surface area contributed by atoms with Crippen LogP contribution in [-0.2, 0) is 11.3 Å². The van der Waals surface area contributed by atoms with Gasteiger partial charge in [-0.3, -0.25) is 0 Å². The van der Waals surface area contributed by atoms with E-state index in [0.717, 1.165) is 11.1 Å². The Balaban J connectivity index is 1.82. The standard InChI is InChI=1S/C20H17NO4/c1-3-23-16-8-9-18-17(10-16)13(2)19(25-18)20(22)24-12-15-7-5-4-6-14(15)11-21/h4-10H,3,12H2,1-2H3. The van der Waals surface area contributed by atoms with Gasteiger partial charge in [-0.2, -0.15) is 5.26 Å². The van der Waals surface area contributed by atoms with Crippen molar-refractivity contribution < 1.29 is 18.7 Å². The number of rotatable bonds is 5. The van der Waals surface area contributed by atoms with E-state index in [1.165, 1.54) is 0 Å². The van der Waals surface area contributed by atoms with Crippen LogP contribution in [0.5, 0.6) is 5.75 Å². The third-order valence-corrected chi connectivity index (χ3v) is 3.90. The predicted molar refractivity (Wildman–Crippen MR) is 92.4 cm³/mol. The van der Waals surface area contributed by atoms with E-state index in [9.17, 15) is 4.79 Å². The minimum absolute atomic E-state index is 0.0171. The first-order valence-electron chi connectivity index (χ1n) is 7.95. The van der Waals surface area contributed by atoms with Crippen LogP contribution in [0.1, 0.15) is 34.2 Å². The van der Waals surface area contributed by atoms with E-state index in [4.69, 9.17) is 19.2 Å². The maximum Gasteiger partial charge on any atom is 0.374 e. The summed E-state index contributed by atoms with van der Waals surface area (Å²) in [6, 6.07) is 14.5. The van der Waals surface area contributed by atoms with Gasteiger partial charge in [-0.1, -0.05) is 18.2 Å². The quantitative estimate of drug-likeness (QED) is 0.647. The van der Waals surface area contributed by atoms with Crippen molar-refractivity contribution in [3.8, 4) is 11.8 Å². The molecule has 5 nitrogen and oxygen atoms in total. The molecule has 0 aliphatic rings. The number of hydrogen-bond donors (Lipinski definition) is 0. The summed E-state index contributed by atoms with van der Waals surface area (Å²) in [5.74, 6) is 0.333. The van der Waals surface area contributed by atoms with Crippen LogP contribution in [-0.4, -0.2) is 12.6 Å². The Hall–Kier alpha value is -3.26. The summed E-state index contributed by atoms with van der Waals surface area (Å²) in [7, 11) is 0. The molecular formula is C20H17NO4. The number of furan rings is 1. The average molecular weight is 335 g/mol.